The molecule has 1 aliphatic heterocycles. The van der Waals surface area contributed by atoms with Crippen LogP contribution in [0.25, 0.3) is 21.9 Å². The smallest absolute Gasteiger partial charge is 0.136 e. The molecule has 4 rings (SSSR count). The van der Waals surface area contributed by atoms with Crippen molar-refractivity contribution in [2.75, 3.05) is 0 Å². The van der Waals surface area contributed by atoms with Gasteiger partial charge in [0.2, 0.25) is 0 Å². The van der Waals surface area contributed by atoms with E-state index in [1.54, 1.807) is 12.1 Å². The zero-order valence-corrected chi connectivity index (χ0v) is 10.6. The zero-order chi connectivity index (χ0) is 13.0. The molecular weight excluding hydrogens is 260 g/mol. The van der Waals surface area contributed by atoms with Crippen LogP contribution in [-0.4, -0.2) is 5.11 Å². The molecule has 1 aliphatic rings. The Hall–Kier alpha value is -2.19. The second-order valence-electron chi connectivity index (χ2n) is 4.55. The van der Waals surface area contributed by atoms with Crippen molar-refractivity contribution >= 4 is 22.4 Å². The van der Waals surface area contributed by atoms with Crippen LogP contribution < -0.4 is 4.74 Å². The minimum Gasteiger partial charge on any atom is -0.507 e. The maximum absolute atomic E-state index is 9.96. The lowest BCUT2D eigenvalue weighted by atomic mass is 9.94. The van der Waals surface area contributed by atoms with E-state index in [2.05, 4.69) is 0 Å². The molecule has 2 nitrogen and oxygen atoms in total. The molecular formula is C16H9ClO2. The summed E-state index contributed by atoms with van der Waals surface area (Å²) in [6.45, 7) is 0. The number of hydrogen-bond donors (Lipinski definition) is 1. The van der Waals surface area contributed by atoms with E-state index in [1.807, 2.05) is 36.4 Å². The van der Waals surface area contributed by atoms with Crippen LogP contribution in [0.15, 0.2) is 48.5 Å². The van der Waals surface area contributed by atoms with E-state index in [9.17, 15) is 5.11 Å². The lowest BCUT2D eigenvalue weighted by Gasteiger charge is -2.21. The fourth-order valence-corrected chi connectivity index (χ4v) is 2.75. The Morgan fingerprint density at radius 2 is 1.79 bits per heavy atom. The quantitative estimate of drug-likeness (QED) is 0.488. The largest absolute Gasteiger partial charge is 0.507 e. The summed E-state index contributed by atoms with van der Waals surface area (Å²) >= 11 is 6.01. The van der Waals surface area contributed by atoms with Crippen molar-refractivity contribution in [1.82, 2.24) is 0 Å². The van der Waals surface area contributed by atoms with Gasteiger partial charge in [-0.15, -0.1) is 0 Å². The van der Waals surface area contributed by atoms with Gasteiger partial charge in [-0.05, 0) is 29.8 Å². The van der Waals surface area contributed by atoms with Gasteiger partial charge in [-0.2, -0.15) is 0 Å². The SMILES string of the molecule is Oc1ccc2c3c(cccc13)-c1ccc(Cl)cc1O2. The van der Waals surface area contributed by atoms with E-state index in [1.165, 1.54) is 0 Å². The maximum Gasteiger partial charge on any atom is 0.136 e. The Morgan fingerprint density at radius 1 is 0.895 bits per heavy atom. The third kappa shape index (κ3) is 1.44. The standard InChI is InChI=1S/C16H9ClO2/c17-9-4-5-10-11-2-1-3-12-13(18)6-7-14(16(11)12)19-15(10)8-9/h1-8,18H. The average molecular weight is 269 g/mol. The predicted molar refractivity (Wildman–Crippen MR) is 76.1 cm³/mol. The summed E-state index contributed by atoms with van der Waals surface area (Å²) in [5.74, 6) is 1.76. The summed E-state index contributed by atoms with van der Waals surface area (Å²) in [5, 5.41) is 12.3. The van der Waals surface area contributed by atoms with Gasteiger partial charge in [-0.25, -0.2) is 0 Å². The summed E-state index contributed by atoms with van der Waals surface area (Å²) in [4.78, 5) is 0. The normalized spacial score (nSPS) is 12.1. The van der Waals surface area contributed by atoms with Gasteiger partial charge >= 0.3 is 0 Å². The van der Waals surface area contributed by atoms with Crippen molar-refractivity contribution in [2.45, 2.75) is 0 Å². The van der Waals surface area contributed by atoms with E-state index in [4.69, 9.17) is 16.3 Å². The summed E-state index contributed by atoms with van der Waals surface area (Å²) in [6.07, 6.45) is 0. The van der Waals surface area contributed by atoms with Crippen molar-refractivity contribution in [1.29, 1.82) is 0 Å². The second-order valence-corrected chi connectivity index (χ2v) is 4.99. The molecule has 0 radical (unpaired) electrons. The Morgan fingerprint density at radius 3 is 2.68 bits per heavy atom. The fraction of sp³-hybridized carbons (Fsp3) is 0. The van der Waals surface area contributed by atoms with Gasteiger partial charge in [0.1, 0.15) is 17.2 Å². The van der Waals surface area contributed by atoms with E-state index >= 15 is 0 Å². The molecule has 0 atom stereocenters. The van der Waals surface area contributed by atoms with Gasteiger partial charge in [0.15, 0.2) is 0 Å². The number of ether oxygens (including phenoxy) is 1. The first-order chi connectivity index (χ1) is 9.24. The van der Waals surface area contributed by atoms with Crippen LogP contribution in [0.5, 0.6) is 17.2 Å². The van der Waals surface area contributed by atoms with Crippen LogP contribution in [0.3, 0.4) is 0 Å². The van der Waals surface area contributed by atoms with E-state index < -0.39 is 0 Å². The highest BCUT2D eigenvalue weighted by Gasteiger charge is 2.20. The number of hydrogen-bond acceptors (Lipinski definition) is 2. The average Bonchev–Trinajstić information content (AvgIpc) is 2.42. The summed E-state index contributed by atoms with van der Waals surface area (Å²) < 4.78 is 5.89. The van der Waals surface area contributed by atoms with Crippen LogP contribution in [0, 0.1) is 0 Å². The first-order valence-electron chi connectivity index (χ1n) is 5.96. The molecule has 0 bridgehead atoms. The Labute approximate surface area is 114 Å². The van der Waals surface area contributed by atoms with Crippen LogP contribution in [0.1, 0.15) is 0 Å². The molecule has 19 heavy (non-hydrogen) atoms. The third-order valence-electron chi connectivity index (χ3n) is 3.43. The van der Waals surface area contributed by atoms with Gasteiger partial charge in [0, 0.05) is 27.4 Å². The lowest BCUT2D eigenvalue weighted by molar-refractivity contribution is 0.472. The molecule has 1 heterocycles. The maximum atomic E-state index is 9.96. The minimum absolute atomic E-state index is 0.265. The number of halogens is 1. The van der Waals surface area contributed by atoms with Crippen molar-refractivity contribution in [3.05, 3.63) is 53.6 Å². The molecule has 0 amide bonds. The summed E-state index contributed by atoms with van der Waals surface area (Å²) in [6, 6.07) is 14.9. The van der Waals surface area contributed by atoms with Gasteiger partial charge in [-0.3, -0.25) is 0 Å². The van der Waals surface area contributed by atoms with E-state index in [0.29, 0.717) is 5.02 Å². The Kier molecular flexibility index (Phi) is 2.06. The molecule has 3 aromatic carbocycles. The Bertz CT molecular complexity index is 824. The minimum atomic E-state index is 0.265. The molecule has 0 saturated heterocycles. The van der Waals surface area contributed by atoms with Crippen LogP contribution in [0.4, 0.5) is 0 Å². The fourth-order valence-electron chi connectivity index (χ4n) is 2.59. The number of aromatic hydroxyl groups is 1. The molecule has 0 aliphatic carbocycles. The van der Waals surface area contributed by atoms with Gasteiger partial charge < -0.3 is 9.84 Å². The molecule has 0 fully saturated rings. The molecule has 3 aromatic rings. The predicted octanol–water partition coefficient (Wildman–Crippen LogP) is 4.97. The number of fused-ring (bicyclic) bond motifs is 2. The third-order valence-corrected chi connectivity index (χ3v) is 3.67. The van der Waals surface area contributed by atoms with Crippen LogP contribution in [-0.2, 0) is 0 Å². The molecule has 92 valence electrons. The van der Waals surface area contributed by atoms with Crippen molar-refractivity contribution in [3.63, 3.8) is 0 Å². The van der Waals surface area contributed by atoms with Crippen LogP contribution in [0.2, 0.25) is 5.02 Å². The van der Waals surface area contributed by atoms with Crippen molar-refractivity contribution in [3.8, 4) is 28.4 Å². The van der Waals surface area contributed by atoms with Gasteiger partial charge in [-0.1, -0.05) is 29.8 Å². The molecule has 0 aromatic heterocycles. The highest BCUT2D eigenvalue weighted by atomic mass is 35.5. The monoisotopic (exact) mass is 268 g/mol. The van der Waals surface area contributed by atoms with Gasteiger partial charge in [0.25, 0.3) is 0 Å². The summed E-state index contributed by atoms with van der Waals surface area (Å²) in [5.41, 5.74) is 2.05. The highest BCUT2D eigenvalue weighted by molar-refractivity contribution is 6.31. The number of phenolic OH excluding ortho intramolecular Hbond substituents is 1. The zero-order valence-electron chi connectivity index (χ0n) is 9.85. The van der Waals surface area contributed by atoms with E-state index in [0.717, 1.165) is 33.4 Å². The molecule has 0 unspecified atom stereocenters. The molecule has 0 spiro atoms. The lowest BCUT2D eigenvalue weighted by Crippen LogP contribution is -1.96. The molecule has 3 heteroatoms. The first kappa shape index (κ1) is 10.7. The summed E-state index contributed by atoms with van der Waals surface area (Å²) in [7, 11) is 0. The van der Waals surface area contributed by atoms with Gasteiger partial charge in [0.05, 0.1) is 0 Å². The van der Waals surface area contributed by atoms with Crippen LogP contribution >= 0.6 is 11.6 Å². The highest BCUT2D eigenvalue weighted by Crippen LogP contribution is 2.48. The number of rotatable bonds is 0. The number of phenols is 1. The molecule has 1 N–H and O–H groups in total. The van der Waals surface area contributed by atoms with E-state index in [-0.39, 0.29) is 5.75 Å². The Balaban J connectivity index is 2.17. The van der Waals surface area contributed by atoms with Crippen molar-refractivity contribution in [2.24, 2.45) is 0 Å². The number of benzene rings is 3. The topological polar surface area (TPSA) is 29.5 Å². The second kappa shape index (κ2) is 3.65. The first-order valence-corrected chi connectivity index (χ1v) is 6.34. The van der Waals surface area contributed by atoms with Crippen molar-refractivity contribution < 1.29 is 9.84 Å². The molecule has 0 saturated carbocycles.